The van der Waals surface area contributed by atoms with Gasteiger partial charge in [-0.3, -0.25) is 0 Å². The lowest BCUT2D eigenvalue weighted by atomic mass is 10.3. The molecule has 0 amide bonds. The molecule has 0 radical (unpaired) electrons. The minimum atomic E-state index is -0.508. The molecule has 0 saturated carbocycles. The highest BCUT2D eigenvalue weighted by atomic mass is 16.5. The number of para-hydroxylation sites is 2. The maximum absolute atomic E-state index is 9.75. The minimum Gasteiger partial charge on any atom is -0.493 e. The normalized spacial score (nSPS) is 12.2. The fraction of sp³-hybridized carbons (Fsp3) is 0.571. The van der Waals surface area contributed by atoms with Crippen molar-refractivity contribution in [3.63, 3.8) is 0 Å². The van der Waals surface area contributed by atoms with E-state index in [2.05, 4.69) is 12.2 Å². The summed E-state index contributed by atoms with van der Waals surface area (Å²) < 4.78 is 10.7. The summed E-state index contributed by atoms with van der Waals surface area (Å²) in [5, 5.41) is 12.9. The summed E-state index contributed by atoms with van der Waals surface area (Å²) in [6, 6.07) is 7.43. The third kappa shape index (κ3) is 5.38. The zero-order chi connectivity index (χ0) is 13.2. The second kappa shape index (κ2) is 8.78. The van der Waals surface area contributed by atoms with Crippen molar-refractivity contribution in [2.45, 2.75) is 25.9 Å². The summed E-state index contributed by atoms with van der Waals surface area (Å²) in [5.74, 6) is 1.34. The Morgan fingerprint density at radius 3 is 2.67 bits per heavy atom. The number of aliphatic hydroxyl groups excluding tert-OH is 1. The third-order valence-corrected chi connectivity index (χ3v) is 2.59. The van der Waals surface area contributed by atoms with Crippen molar-refractivity contribution >= 4 is 0 Å². The van der Waals surface area contributed by atoms with Crippen LogP contribution in [0.25, 0.3) is 0 Å². The molecule has 0 saturated heterocycles. The molecule has 1 aromatic carbocycles. The first-order valence-corrected chi connectivity index (χ1v) is 6.42. The highest BCUT2D eigenvalue weighted by Crippen LogP contribution is 2.25. The van der Waals surface area contributed by atoms with Crippen LogP contribution in [0.15, 0.2) is 24.3 Å². The summed E-state index contributed by atoms with van der Waals surface area (Å²) in [6.07, 6.45) is 1.77. The second-order valence-electron chi connectivity index (χ2n) is 4.17. The van der Waals surface area contributed by atoms with Gasteiger partial charge in [0.25, 0.3) is 0 Å². The molecular formula is C14H23NO3. The predicted molar refractivity (Wildman–Crippen MR) is 72.3 cm³/mol. The number of unbranched alkanes of at least 4 members (excludes halogenated alkanes) is 1. The van der Waals surface area contributed by atoms with Gasteiger partial charge in [-0.15, -0.1) is 0 Å². The first kappa shape index (κ1) is 14.8. The topological polar surface area (TPSA) is 50.7 Å². The molecule has 4 nitrogen and oxygen atoms in total. The number of hydrogen-bond donors (Lipinski definition) is 2. The van der Waals surface area contributed by atoms with Crippen LogP contribution in [0.5, 0.6) is 11.5 Å². The van der Waals surface area contributed by atoms with Gasteiger partial charge < -0.3 is 19.9 Å². The van der Waals surface area contributed by atoms with E-state index in [1.165, 1.54) is 0 Å². The zero-order valence-corrected chi connectivity index (χ0v) is 11.2. The molecule has 1 rings (SSSR count). The Hall–Kier alpha value is -1.26. The number of rotatable bonds is 9. The van der Waals surface area contributed by atoms with Crippen molar-refractivity contribution in [3.8, 4) is 11.5 Å². The van der Waals surface area contributed by atoms with Crippen LogP contribution in [0, 0.1) is 0 Å². The number of benzene rings is 1. The largest absolute Gasteiger partial charge is 0.493 e. The van der Waals surface area contributed by atoms with Crippen LogP contribution < -0.4 is 14.8 Å². The van der Waals surface area contributed by atoms with Crippen molar-refractivity contribution in [1.29, 1.82) is 0 Å². The molecule has 1 unspecified atom stereocenters. The summed E-state index contributed by atoms with van der Waals surface area (Å²) in [5.41, 5.74) is 0. The Kier molecular flexibility index (Phi) is 7.22. The Morgan fingerprint density at radius 1 is 1.28 bits per heavy atom. The molecule has 2 N–H and O–H groups in total. The van der Waals surface area contributed by atoms with Crippen LogP contribution in [0.2, 0.25) is 0 Å². The molecule has 0 aliphatic heterocycles. The third-order valence-electron chi connectivity index (χ3n) is 2.59. The van der Waals surface area contributed by atoms with Crippen LogP contribution in [0.3, 0.4) is 0 Å². The van der Waals surface area contributed by atoms with Crippen LogP contribution in [-0.4, -0.2) is 38.0 Å². The molecule has 0 aliphatic carbocycles. The minimum absolute atomic E-state index is 0.263. The first-order valence-electron chi connectivity index (χ1n) is 6.42. The van der Waals surface area contributed by atoms with Crippen molar-refractivity contribution in [2.75, 3.05) is 26.8 Å². The molecule has 102 valence electrons. The Morgan fingerprint density at radius 2 is 2.00 bits per heavy atom. The fourth-order valence-electron chi connectivity index (χ4n) is 1.55. The van der Waals surface area contributed by atoms with Crippen LogP contribution >= 0.6 is 0 Å². The maximum Gasteiger partial charge on any atom is 0.161 e. The van der Waals surface area contributed by atoms with Gasteiger partial charge >= 0.3 is 0 Å². The van der Waals surface area contributed by atoms with E-state index in [0.29, 0.717) is 18.0 Å². The quantitative estimate of drug-likeness (QED) is 0.659. The van der Waals surface area contributed by atoms with Gasteiger partial charge in [0, 0.05) is 6.54 Å². The number of nitrogens with one attached hydrogen (secondary N) is 1. The van der Waals surface area contributed by atoms with E-state index in [1.54, 1.807) is 7.11 Å². The Balaban J connectivity index is 2.26. The average molecular weight is 253 g/mol. The van der Waals surface area contributed by atoms with Gasteiger partial charge in [-0.2, -0.15) is 0 Å². The highest BCUT2D eigenvalue weighted by molar-refractivity contribution is 5.39. The van der Waals surface area contributed by atoms with E-state index in [0.717, 1.165) is 19.4 Å². The van der Waals surface area contributed by atoms with E-state index < -0.39 is 6.10 Å². The lowest BCUT2D eigenvalue weighted by Crippen LogP contribution is -2.32. The van der Waals surface area contributed by atoms with Gasteiger partial charge in [0.2, 0.25) is 0 Å². The smallest absolute Gasteiger partial charge is 0.161 e. The molecule has 0 aromatic heterocycles. The second-order valence-corrected chi connectivity index (χ2v) is 4.17. The highest BCUT2D eigenvalue weighted by Gasteiger charge is 2.07. The number of methoxy groups -OCH3 is 1. The predicted octanol–water partition coefficient (Wildman–Crippen LogP) is 1.82. The standard InChI is InChI=1S/C14H23NO3/c1-3-4-9-15-10-12(16)11-18-14-8-6-5-7-13(14)17-2/h5-8,12,15-16H,3-4,9-11H2,1-2H3. The molecule has 1 atom stereocenters. The zero-order valence-electron chi connectivity index (χ0n) is 11.2. The van der Waals surface area contributed by atoms with E-state index in [9.17, 15) is 5.11 Å². The van der Waals surface area contributed by atoms with Crippen molar-refractivity contribution in [1.82, 2.24) is 5.32 Å². The van der Waals surface area contributed by atoms with Gasteiger partial charge in [0.15, 0.2) is 11.5 Å². The fourth-order valence-corrected chi connectivity index (χ4v) is 1.55. The Labute approximate surface area is 109 Å². The van der Waals surface area contributed by atoms with Crippen molar-refractivity contribution < 1.29 is 14.6 Å². The molecule has 0 fully saturated rings. The molecule has 0 bridgehead atoms. The molecular weight excluding hydrogens is 230 g/mol. The summed E-state index contributed by atoms with van der Waals surface area (Å²) in [6.45, 7) is 3.89. The monoisotopic (exact) mass is 253 g/mol. The number of aliphatic hydroxyl groups is 1. The summed E-state index contributed by atoms with van der Waals surface area (Å²) >= 11 is 0. The van der Waals surface area contributed by atoms with Crippen LogP contribution in [-0.2, 0) is 0 Å². The number of hydrogen-bond acceptors (Lipinski definition) is 4. The maximum atomic E-state index is 9.75. The molecule has 4 heteroatoms. The molecule has 18 heavy (non-hydrogen) atoms. The average Bonchev–Trinajstić information content (AvgIpc) is 2.41. The van der Waals surface area contributed by atoms with Crippen LogP contribution in [0.4, 0.5) is 0 Å². The first-order chi connectivity index (χ1) is 8.77. The SMILES string of the molecule is CCCCNCC(O)COc1ccccc1OC. The van der Waals surface area contributed by atoms with Gasteiger partial charge in [0.05, 0.1) is 7.11 Å². The van der Waals surface area contributed by atoms with Gasteiger partial charge in [-0.05, 0) is 25.1 Å². The van der Waals surface area contributed by atoms with Gasteiger partial charge in [-0.1, -0.05) is 25.5 Å². The summed E-state index contributed by atoms with van der Waals surface area (Å²) in [7, 11) is 1.60. The van der Waals surface area contributed by atoms with Crippen molar-refractivity contribution in [2.24, 2.45) is 0 Å². The lowest BCUT2D eigenvalue weighted by molar-refractivity contribution is 0.105. The Bertz CT molecular complexity index is 331. The van der Waals surface area contributed by atoms with Gasteiger partial charge in [0.1, 0.15) is 12.7 Å². The van der Waals surface area contributed by atoms with E-state index in [4.69, 9.17) is 9.47 Å². The molecule has 0 spiro atoms. The van der Waals surface area contributed by atoms with Crippen LogP contribution in [0.1, 0.15) is 19.8 Å². The summed E-state index contributed by atoms with van der Waals surface area (Å²) in [4.78, 5) is 0. The molecule has 1 aromatic rings. The van der Waals surface area contributed by atoms with E-state index in [-0.39, 0.29) is 6.61 Å². The van der Waals surface area contributed by atoms with E-state index in [1.807, 2.05) is 24.3 Å². The van der Waals surface area contributed by atoms with E-state index >= 15 is 0 Å². The van der Waals surface area contributed by atoms with Crippen molar-refractivity contribution in [3.05, 3.63) is 24.3 Å². The molecule has 0 heterocycles. The lowest BCUT2D eigenvalue weighted by Gasteiger charge is -2.14. The molecule has 0 aliphatic rings. The van der Waals surface area contributed by atoms with Gasteiger partial charge in [-0.25, -0.2) is 0 Å². The number of ether oxygens (including phenoxy) is 2.